The molecule has 2 aromatic carbocycles. The van der Waals surface area contributed by atoms with Gasteiger partial charge < -0.3 is 34.0 Å². The Morgan fingerprint density at radius 2 is 1.60 bits per heavy atom. The van der Waals surface area contributed by atoms with Crippen molar-refractivity contribution in [3.63, 3.8) is 0 Å². The number of amides is 3. The van der Waals surface area contributed by atoms with Gasteiger partial charge in [-0.2, -0.15) is 0 Å². The second-order valence-corrected chi connectivity index (χ2v) is 11.6. The number of carbonyl (C=O) groups is 3. The predicted molar refractivity (Wildman–Crippen MR) is 171 cm³/mol. The van der Waals surface area contributed by atoms with Crippen molar-refractivity contribution < 1.29 is 33.7 Å². The molecular formula is C35H43N3O7. The van der Waals surface area contributed by atoms with Gasteiger partial charge >= 0.3 is 0 Å². The molecule has 1 N–H and O–H groups in total. The summed E-state index contributed by atoms with van der Waals surface area (Å²) in [6, 6.07) is 12.7. The number of rotatable bonds is 14. The van der Waals surface area contributed by atoms with E-state index >= 15 is 0 Å². The van der Waals surface area contributed by atoms with Crippen LogP contribution in [0.15, 0.2) is 73.8 Å². The second-order valence-electron chi connectivity index (χ2n) is 11.6. The number of aliphatic hydroxyl groups excluding tert-OH is 1. The molecule has 10 heteroatoms. The minimum Gasteiger partial charge on any atom is -0.497 e. The monoisotopic (exact) mass is 617 g/mol. The largest absolute Gasteiger partial charge is 0.497 e. The summed E-state index contributed by atoms with van der Waals surface area (Å²) in [5, 5.41) is 10.4. The molecule has 0 aliphatic carbocycles. The maximum Gasteiger partial charge on any atom is 0.253 e. The zero-order valence-electron chi connectivity index (χ0n) is 26.3. The van der Waals surface area contributed by atoms with Crippen LogP contribution in [0.1, 0.15) is 33.1 Å². The fraction of sp³-hybridized carbons (Fsp3) is 0.457. The number of benzene rings is 2. The van der Waals surface area contributed by atoms with Crippen molar-refractivity contribution >= 4 is 29.1 Å². The third-order valence-corrected chi connectivity index (χ3v) is 9.33. The number of fused-ring (bicyclic) bond motifs is 1. The third-order valence-electron chi connectivity index (χ3n) is 9.33. The van der Waals surface area contributed by atoms with Gasteiger partial charge in [0.2, 0.25) is 11.8 Å². The molecule has 45 heavy (non-hydrogen) atoms. The number of hydrogen-bond donors (Lipinski definition) is 1. The number of likely N-dealkylation sites (tertiary alicyclic amines) is 1. The van der Waals surface area contributed by atoms with Crippen LogP contribution in [0.3, 0.4) is 0 Å². The first-order valence-electron chi connectivity index (χ1n) is 15.6. The van der Waals surface area contributed by atoms with Gasteiger partial charge in [0.25, 0.3) is 5.91 Å². The summed E-state index contributed by atoms with van der Waals surface area (Å²) < 4.78 is 17.6. The van der Waals surface area contributed by atoms with Crippen molar-refractivity contribution in [2.45, 2.75) is 56.9 Å². The lowest BCUT2D eigenvalue weighted by Crippen LogP contribution is -2.59. The molecule has 3 fully saturated rings. The molecule has 1 spiro atoms. The summed E-state index contributed by atoms with van der Waals surface area (Å²) in [5.41, 5.74) is 0.0400. The third kappa shape index (κ3) is 5.50. The number of ether oxygens (including phenoxy) is 3. The zero-order valence-corrected chi connectivity index (χ0v) is 26.3. The smallest absolute Gasteiger partial charge is 0.253 e. The molecule has 10 nitrogen and oxygen atoms in total. The molecule has 3 amide bonds. The molecule has 3 heterocycles. The Labute approximate surface area is 264 Å². The van der Waals surface area contributed by atoms with E-state index in [2.05, 4.69) is 13.2 Å². The fourth-order valence-electron chi connectivity index (χ4n) is 7.34. The highest BCUT2D eigenvalue weighted by Gasteiger charge is 2.75. The molecular weight excluding hydrogens is 574 g/mol. The molecule has 3 saturated heterocycles. The van der Waals surface area contributed by atoms with E-state index in [0.717, 1.165) is 0 Å². The van der Waals surface area contributed by atoms with Gasteiger partial charge in [-0.05, 0) is 74.7 Å². The Bertz CT molecular complexity index is 1410. The lowest BCUT2D eigenvalue weighted by atomic mass is 9.70. The molecule has 2 bridgehead atoms. The summed E-state index contributed by atoms with van der Waals surface area (Å²) in [5.74, 6) is -1.29. The molecule has 5 rings (SSSR count). The maximum atomic E-state index is 14.7. The lowest BCUT2D eigenvalue weighted by Gasteiger charge is -2.39. The van der Waals surface area contributed by atoms with Gasteiger partial charge in [0, 0.05) is 24.5 Å². The summed E-state index contributed by atoms with van der Waals surface area (Å²) in [4.78, 5) is 48.4. The number of aliphatic hydroxyl groups is 1. The molecule has 6 atom stereocenters. The molecule has 2 aromatic rings. The van der Waals surface area contributed by atoms with E-state index in [1.54, 1.807) is 65.5 Å². The SMILES string of the molecule is C=CCN(C(=O)C1N([C@@H](CC)CO)C(=O)[C@@H]2[C@@H](C(=O)N(CC=C)c3ccc(OCC)cc3)[C@H]3CCC12O3)c1ccc(OC)cc1. The lowest BCUT2D eigenvalue weighted by molar-refractivity contribution is -0.144. The summed E-state index contributed by atoms with van der Waals surface area (Å²) in [7, 11) is 1.57. The van der Waals surface area contributed by atoms with Crippen molar-refractivity contribution in [2.75, 3.05) is 43.2 Å². The maximum absolute atomic E-state index is 14.7. The van der Waals surface area contributed by atoms with Crippen molar-refractivity contribution in [3.05, 3.63) is 73.8 Å². The van der Waals surface area contributed by atoms with Crippen LogP contribution in [0.5, 0.6) is 11.5 Å². The highest BCUT2D eigenvalue weighted by molar-refractivity contribution is 6.06. The molecule has 2 unspecified atom stereocenters. The summed E-state index contributed by atoms with van der Waals surface area (Å²) in [6.45, 7) is 12.1. The van der Waals surface area contributed by atoms with E-state index in [1.165, 1.54) is 4.90 Å². The Morgan fingerprint density at radius 3 is 2.11 bits per heavy atom. The van der Waals surface area contributed by atoms with Crippen LogP contribution < -0.4 is 19.3 Å². The number of hydrogen-bond acceptors (Lipinski definition) is 7. The first-order valence-corrected chi connectivity index (χ1v) is 15.6. The quantitative estimate of drug-likeness (QED) is 0.320. The number of methoxy groups -OCH3 is 1. The van der Waals surface area contributed by atoms with Crippen molar-refractivity contribution in [1.82, 2.24) is 4.90 Å². The first kappa shape index (κ1) is 32.2. The summed E-state index contributed by atoms with van der Waals surface area (Å²) in [6.07, 6.45) is 4.15. The Kier molecular flexibility index (Phi) is 9.65. The van der Waals surface area contributed by atoms with Gasteiger partial charge in [0.1, 0.15) is 23.1 Å². The zero-order chi connectivity index (χ0) is 32.3. The van der Waals surface area contributed by atoms with Crippen LogP contribution in [0.25, 0.3) is 0 Å². The normalized spacial score (nSPS) is 25.4. The standard InChI is InChI=1S/C35H43N3O7/c1-6-20-36(24-12-16-27(17-13-24)44-9-4)32(40)29-28-18-19-35(45-28)30(29)33(41)38(23(8-3)22-39)31(35)34(42)37(21-7-2)25-10-14-26(43-5)15-11-25/h6-7,10-17,23,28-31,39H,1-2,8-9,18-22H2,3-5H3/t23-,28+,29-,30-,31?,35?/m0/s1. The van der Waals surface area contributed by atoms with Crippen LogP contribution in [0.4, 0.5) is 11.4 Å². The molecule has 0 saturated carbocycles. The van der Waals surface area contributed by atoms with Gasteiger partial charge in [-0.25, -0.2) is 0 Å². The van der Waals surface area contributed by atoms with Crippen molar-refractivity contribution in [2.24, 2.45) is 11.8 Å². The second kappa shape index (κ2) is 13.5. The molecule has 3 aliphatic rings. The average molecular weight is 618 g/mol. The van der Waals surface area contributed by atoms with E-state index in [-0.39, 0.29) is 37.4 Å². The Morgan fingerprint density at radius 1 is 1.02 bits per heavy atom. The number of nitrogens with zero attached hydrogens (tertiary/aromatic N) is 3. The van der Waals surface area contributed by atoms with Crippen LogP contribution in [-0.4, -0.2) is 84.9 Å². The number of anilines is 2. The average Bonchev–Trinajstić information content (AvgIpc) is 3.71. The molecule has 3 aliphatic heterocycles. The fourth-order valence-corrected chi connectivity index (χ4v) is 7.34. The van der Waals surface area contributed by atoms with E-state index in [9.17, 15) is 19.5 Å². The minimum atomic E-state index is -1.22. The van der Waals surface area contributed by atoms with Crippen LogP contribution in [0.2, 0.25) is 0 Å². The minimum absolute atomic E-state index is 0.191. The van der Waals surface area contributed by atoms with E-state index in [1.807, 2.05) is 26.0 Å². The van der Waals surface area contributed by atoms with Gasteiger partial charge in [0.15, 0.2) is 0 Å². The van der Waals surface area contributed by atoms with E-state index in [0.29, 0.717) is 48.7 Å². The van der Waals surface area contributed by atoms with Gasteiger partial charge in [-0.1, -0.05) is 19.1 Å². The summed E-state index contributed by atoms with van der Waals surface area (Å²) >= 11 is 0. The van der Waals surface area contributed by atoms with Crippen molar-refractivity contribution in [3.8, 4) is 11.5 Å². The van der Waals surface area contributed by atoms with E-state index in [4.69, 9.17) is 14.2 Å². The van der Waals surface area contributed by atoms with Crippen LogP contribution in [-0.2, 0) is 19.1 Å². The van der Waals surface area contributed by atoms with Crippen LogP contribution in [0, 0.1) is 11.8 Å². The van der Waals surface area contributed by atoms with Crippen LogP contribution >= 0.6 is 0 Å². The number of carbonyl (C=O) groups excluding carboxylic acids is 3. The first-order chi connectivity index (χ1) is 21.8. The van der Waals surface area contributed by atoms with Crippen molar-refractivity contribution in [1.29, 1.82) is 0 Å². The Hall–Kier alpha value is -4.15. The highest BCUT2D eigenvalue weighted by Crippen LogP contribution is 2.59. The van der Waals surface area contributed by atoms with Gasteiger partial charge in [-0.15, -0.1) is 13.2 Å². The molecule has 0 aromatic heterocycles. The topological polar surface area (TPSA) is 109 Å². The predicted octanol–water partition coefficient (Wildman–Crippen LogP) is 3.98. The molecule has 0 radical (unpaired) electrons. The highest BCUT2D eigenvalue weighted by atomic mass is 16.5. The molecule has 240 valence electrons. The van der Waals surface area contributed by atoms with Gasteiger partial charge in [0.05, 0.1) is 44.3 Å². The van der Waals surface area contributed by atoms with Gasteiger partial charge in [-0.3, -0.25) is 14.4 Å². The van der Waals surface area contributed by atoms with E-state index < -0.39 is 35.6 Å². The Balaban J connectivity index is 1.55.